The molecular formula is C18H19BrN4OS. The van der Waals surface area contributed by atoms with Crippen LogP contribution in [0.4, 0.5) is 0 Å². The molecule has 0 aliphatic heterocycles. The van der Waals surface area contributed by atoms with Crippen molar-refractivity contribution in [1.29, 1.82) is 0 Å². The van der Waals surface area contributed by atoms with E-state index in [1.54, 1.807) is 10.9 Å². The number of nitrogens with one attached hydrogen (secondary N) is 1. The molecule has 0 fully saturated rings. The minimum atomic E-state index is -0.0834. The molecule has 1 N–H and O–H groups in total. The standard InChI is InChI=1S/C18H19BrN4OS/c1-4-15(12-5-7-14(19)8-6-12)22-17(24)16-11(2)21-18(25-16)13-9-20-23(3)10-13/h5-10,15H,4H2,1-3H3,(H,22,24). The van der Waals surface area contributed by atoms with Crippen LogP contribution in [-0.4, -0.2) is 20.7 Å². The molecule has 1 amide bonds. The molecule has 0 aliphatic rings. The molecule has 5 nitrogen and oxygen atoms in total. The van der Waals surface area contributed by atoms with Crippen LogP contribution in [0.2, 0.25) is 0 Å². The van der Waals surface area contributed by atoms with E-state index in [9.17, 15) is 4.79 Å². The van der Waals surface area contributed by atoms with Crippen LogP contribution in [0.15, 0.2) is 41.1 Å². The van der Waals surface area contributed by atoms with E-state index in [2.05, 4.69) is 38.3 Å². The molecular weight excluding hydrogens is 400 g/mol. The van der Waals surface area contributed by atoms with E-state index in [1.165, 1.54) is 11.3 Å². The highest BCUT2D eigenvalue weighted by Crippen LogP contribution is 2.28. The average Bonchev–Trinajstić information content (AvgIpc) is 3.19. The minimum Gasteiger partial charge on any atom is -0.344 e. The highest BCUT2D eigenvalue weighted by atomic mass is 79.9. The maximum Gasteiger partial charge on any atom is 0.263 e. The molecule has 0 saturated carbocycles. The quantitative estimate of drug-likeness (QED) is 0.663. The van der Waals surface area contributed by atoms with Gasteiger partial charge in [-0.05, 0) is 31.0 Å². The second-order valence-corrected chi connectivity index (χ2v) is 7.74. The molecule has 1 unspecified atom stereocenters. The van der Waals surface area contributed by atoms with Gasteiger partial charge in [-0.3, -0.25) is 9.48 Å². The van der Waals surface area contributed by atoms with Crippen molar-refractivity contribution in [2.45, 2.75) is 26.3 Å². The van der Waals surface area contributed by atoms with Crippen molar-refractivity contribution in [2.24, 2.45) is 7.05 Å². The number of aryl methyl sites for hydroxylation is 2. The van der Waals surface area contributed by atoms with Crippen LogP contribution >= 0.6 is 27.3 Å². The number of hydrogen-bond donors (Lipinski definition) is 1. The molecule has 0 aliphatic carbocycles. The van der Waals surface area contributed by atoms with Gasteiger partial charge in [0.2, 0.25) is 0 Å². The molecule has 2 heterocycles. The Morgan fingerprint density at radius 1 is 1.36 bits per heavy atom. The minimum absolute atomic E-state index is 0.0241. The van der Waals surface area contributed by atoms with E-state index in [1.807, 2.05) is 44.4 Å². The zero-order valence-corrected chi connectivity index (χ0v) is 16.7. The fourth-order valence-corrected chi connectivity index (χ4v) is 3.81. The molecule has 130 valence electrons. The third-order valence-electron chi connectivity index (χ3n) is 3.94. The van der Waals surface area contributed by atoms with Crippen molar-refractivity contribution in [3.63, 3.8) is 0 Å². The zero-order valence-electron chi connectivity index (χ0n) is 14.3. The number of halogens is 1. The Morgan fingerprint density at radius 2 is 2.08 bits per heavy atom. The summed E-state index contributed by atoms with van der Waals surface area (Å²) in [7, 11) is 1.86. The van der Waals surface area contributed by atoms with E-state index in [0.717, 1.165) is 32.7 Å². The lowest BCUT2D eigenvalue weighted by Gasteiger charge is -2.17. The van der Waals surface area contributed by atoms with Crippen LogP contribution in [0.25, 0.3) is 10.6 Å². The predicted molar refractivity (Wildman–Crippen MR) is 104 cm³/mol. The maximum absolute atomic E-state index is 12.8. The molecule has 1 aromatic carbocycles. The van der Waals surface area contributed by atoms with Gasteiger partial charge < -0.3 is 5.32 Å². The van der Waals surface area contributed by atoms with E-state index in [4.69, 9.17) is 0 Å². The molecule has 0 bridgehead atoms. The van der Waals surface area contributed by atoms with E-state index in [-0.39, 0.29) is 11.9 Å². The maximum atomic E-state index is 12.8. The highest BCUT2D eigenvalue weighted by molar-refractivity contribution is 9.10. The molecule has 0 spiro atoms. The van der Waals surface area contributed by atoms with Crippen molar-refractivity contribution in [3.05, 3.63) is 57.3 Å². The van der Waals surface area contributed by atoms with Gasteiger partial charge in [0.25, 0.3) is 5.91 Å². The first kappa shape index (κ1) is 17.8. The second-order valence-electron chi connectivity index (χ2n) is 5.82. The summed E-state index contributed by atoms with van der Waals surface area (Å²) in [6.45, 7) is 3.93. The van der Waals surface area contributed by atoms with Gasteiger partial charge in [-0.15, -0.1) is 11.3 Å². The van der Waals surface area contributed by atoms with Crippen LogP contribution in [0.3, 0.4) is 0 Å². The average molecular weight is 419 g/mol. The van der Waals surface area contributed by atoms with Gasteiger partial charge >= 0.3 is 0 Å². The smallest absolute Gasteiger partial charge is 0.263 e. The number of aromatic nitrogens is 3. The van der Waals surface area contributed by atoms with Crippen molar-refractivity contribution in [2.75, 3.05) is 0 Å². The molecule has 7 heteroatoms. The lowest BCUT2D eigenvalue weighted by atomic mass is 10.0. The largest absolute Gasteiger partial charge is 0.344 e. The van der Waals surface area contributed by atoms with Gasteiger partial charge in [-0.25, -0.2) is 4.98 Å². The topological polar surface area (TPSA) is 59.8 Å². The number of hydrogen-bond acceptors (Lipinski definition) is 4. The molecule has 25 heavy (non-hydrogen) atoms. The number of carbonyl (C=O) groups is 1. The fourth-order valence-electron chi connectivity index (χ4n) is 2.60. The third-order valence-corrected chi connectivity index (χ3v) is 5.67. The summed E-state index contributed by atoms with van der Waals surface area (Å²) >= 11 is 4.84. The van der Waals surface area contributed by atoms with Crippen LogP contribution in [0.5, 0.6) is 0 Å². The van der Waals surface area contributed by atoms with Crippen LogP contribution in [0.1, 0.15) is 40.3 Å². The molecule has 1 atom stereocenters. The summed E-state index contributed by atoms with van der Waals surface area (Å²) in [5.41, 5.74) is 2.76. The molecule has 3 aromatic rings. The normalized spacial score (nSPS) is 12.2. The SMILES string of the molecule is CCC(NC(=O)c1sc(-c2cnn(C)c2)nc1C)c1ccc(Br)cc1. The lowest BCUT2D eigenvalue weighted by molar-refractivity contribution is 0.0939. The number of rotatable bonds is 5. The Kier molecular flexibility index (Phi) is 5.34. The number of benzene rings is 1. The van der Waals surface area contributed by atoms with Crippen molar-refractivity contribution in [3.8, 4) is 10.6 Å². The summed E-state index contributed by atoms with van der Waals surface area (Å²) in [4.78, 5) is 17.9. The summed E-state index contributed by atoms with van der Waals surface area (Å²) in [5, 5.41) is 8.10. The second kappa shape index (κ2) is 7.49. The number of nitrogens with zero attached hydrogens (tertiary/aromatic N) is 3. The Labute approximate surface area is 159 Å². The molecule has 3 rings (SSSR count). The van der Waals surface area contributed by atoms with Crippen LogP contribution in [0, 0.1) is 6.92 Å². The monoisotopic (exact) mass is 418 g/mol. The van der Waals surface area contributed by atoms with Crippen molar-refractivity contribution in [1.82, 2.24) is 20.1 Å². The fraction of sp³-hybridized carbons (Fsp3) is 0.278. The van der Waals surface area contributed by atoms with Gasteiger partial charge in [0.1, 0.15) is 9.88 Å². The van der Waals surface area contributed by atoms with E-state index in [0.29, 0.717) is 4.88 Å². The van der Waals surface area contributed by atoms with Crippen molar-refractivity contribution < 1.29 is 4.79 Å². The van der Waals surface area contributed by atoms with Crippen LogP contribution in [-0.2, 0) is 7.05 Å². The number of thiazole rings is 1. The first-order chi connectivity index (χ1) is 12.0. The number of amides is 1. The van der Waals surface area contributed by atoms with E-state index < -0.39 is 0 Å². The zero-order chi connectivity index (χ0) is 18.0. The highest BCUT2D eigenvalue weighted by Gasteiger charge is 2.20. The van der Waals surface area contributed by atoms with Gasteiger partial charge in [0.05, 0.1) is 17.9 Å². The van der Waals surface area contributed by atoms with Gasteiger partial charge in [0, 0.05) is 23.3 Å². The van der Waals surface area contributed by atoms with E-state index >= 15 is 0 Å². The first-order valence-corrected chi connectivity index (χ1v) is 9.61. The summed E-state index contributed by atoms with van der Waals surface area (Å²) in [5.74, 6) is -0.0834. The summed E-state index contributed by atoms with van der Waals surface area (Å²) in [6.07, 6.45) is 4.48. The number of carbonyl (C=O) groups excluding carboxylic acids is 1. The summed E-state index contributed by atoms with van der Waals surface area (Å²) in [6, 6.07) is 8.01. The van der Waals surface area contributed by atoms with Crippen LogP contribution < -0.4 is 5.32 Å². The molecule has 0 saturated heterocycles. The first-order valence-electron chi connectivity index (χ1n) is 8.00. The van der Waals surface area contributed by atoms with Gasteiger partial charge in [-0.1, -0.05) is 35.0 Å². The molecule has 2 aromatic heterocycles. The Morgan fingerprint density at radius 3 is 2.68 bits per heavy atom. The van der Waals surface area contributed by atoms with Gasteiger partial charge in [-0.2, -0.15) is 5.10 Å². The Balaban J connectivity index is 1.80. The third kappa shape index (κ3) is 3.99. The van der Waals surface area contributed by atoms with Crippen molar-refractivity contribution >= 4 is 33.2 Å². The Bertz CT molecular complexity index is 885. The van der Waals surface area contributed by atoms with Gasteiger partial charge in [0.15, 0.2) is 0 Å². The predicted octanol–water partition coefficient (Wildman–Crippen LogP) is 4.50. The Hall–Kier alpha value is -1.99. The lowest BCUT2D eigenvalue weighted by Crippen LogP contribution is -2.28. The summed E-state index contributed by atoms with van der Waals surface area (Å²) < 4.78 is 2.75. The molecule has 0 radical (unpaired) electrons.